The highest BCUT2D eigenvalue weighted by Gasteiger charge is 2.25. The Kier molecular flexibility index (Phi) is 7.29. The van der Waals surface area contributed by atoms with E-state index in [1.54, 1.807) is 13.8 Å². The van der Waals surface area contributed by atoms with Crippen molar-refractivity contribution in [3.05, 3.63) is 35.4 Å². The van der Waals surface area contributed by atoms with Crippen LogP contribution in [0.4, 0.5) is 8.78 Å². The number of esters is 1. The molecule has 0 bridgehead atoms. The van der Waals surface area contributed by atoms with Crippen LogP contribution in [0.2, 0.25) is 0 Å². The largest absolute Gasteiger partial charge is 0.466 e. The molecule has 0 aromatic heterocycles. The van der Waals surface area contributed by atoms with Crippen LogP contribution in [0.3, 0.4) is 0 Å². The number of benzene rings is 1. The van der Waals surface area contributed by atoms with Gasteiger partial charge in [0.05, 0.1) is 18.9 Å². The highest BCUT2D eigenvalue weighted by Crippen LogP contribution is 2.12. The minimum Gasteiger partial charge on any atom is -0.466 e. The van der Waals surface area contributed by atoms with Crippen molar-refractivity contribution in [1.82, 2.24) is 5.32 Å². The van der Waals surface area contributed by atoms with Crippen molar-refractivity contribution in [2.75, 3.05) is 6.61 Å². The summed E-state index contributed by atoms with van der Waals surface area (Å²) in [5.41, 5.74) is 5.20. The van der Waals surface area contributed by atoms with Gasteiger partial charge in [0.25, 0.3) is 0 Å². The molecular weight excluding hydrogens is 322 g/mol. The lowest BCUT2D eigenvalue weighted by Crippen LogP contribution is -2.46. The lowest BCUT2D eigenvalue weighted by Gasteiger charge is -2.19. The number of nitrogens with two attached hydrogens (primary N) is 1. The van der Waals surface area contributed by atoms with Crippen molar-refractivity contribution < 1.29 is 27.9 Å². The predicted molar refractivity (Wildman–Crippen MR) is 81.6 cm³/mol. The molecule has 0 saturated carbocycles. The second kappa shape index (κ2) is 8.95. The quantitative estimate of drug-likeness (QED) is 0.690. The molecule has 0 unspecified atom stereocenters. The molecule has 0 saturated heterocycles. The van der Waals surface area contributed by atoms with E-state index in [1.807, 2.05) is 0 Å². The third-order valence-electron chi connectivity index (χ3n) is 3.32. The second-order valence-electron chi connectivity index (χ2n) is 5.32. The first-order valence-electron chi connectivity index (χ1n) is 7.43. The highest BCUT2D eigenvalue weighted by molar-refractivity contribution is 5.88. The lowest BCUT2D eigenvalue weighted by atomic mass is 10.0. The van der Waals surface area contributed by atoms with Crippen molar-refractivity contribution in [3.8, 4) is 0 Å². The van der Waals surface area contributed by atoms with Crippen molar-refractivity contribution in [1.29, 1.82) is 0 Å². The van der Waals surface area contributed by atoms with Crippen LogP contribution in [-0.2, 0) is 25.5 Å². The van der Waals surface area contributed by atoms with Gasteiger partial charge < -0.3 is 15.8 Å². The fourth-order valence-electron chi connectivity index (χ4n) is 2.06. The van der Waals surface area contributed by atoms with Gasteiger partial charge in [0.1, 0.15) is 17.7 Å². The highest BCUT2D eigenvalue weighted by atomic mass is 19.1. The fourth-order valence-corrected chi connectivity index (χ4v) is 2.06. The minimum atomic E-state index is -1.10. The maximum absolute atomic E-state index is 13.5. The van der Waals surface area contributed by atoms with E-state index in [0.717, 1.165) is 12.1 Å². The van der Waals surface area contributed by atoms with Crippen LogP contribution in [0.25, 0.3) is 0 Å². The Balaban J connectivity index is 2.69. The van der Waals surface area contributed by atoms with Crippen LogP contribution >= 0.6 is 0 Å². The number of ether oxygens (including phenoxy) is 1. The van der Waals surface area contributed by atoms with Crippen LogP contribution in [0, 0.1) is 17.6 Å². The van der Waals surface area contributed by atoms with Crippen LogP contribution in [-0.4, -0.2) is 30.4 Å². The zero-order valence-electron chi connectivity index (χ0n) is 13.5. The van der Waals surface area contributed by atoms with Crippen LogP contribution in [0.15, 0.2) is 18.2 Å². The number of hydrogen-bond donors (Lipinski definition) is 2. The molecule has 1 aromatic rings. The topological polar surface area (TPSA) is 98.5 Å². The molecule has 3 N–H and O–H groups in total. The van der Waals surface area contributed by atoms with Gasteiger partial charge in [0.2, 0.25) is 11.8 Å². The maximum atomic E-state index is 13.5. The molecule has 0 radical (unpaired) electrons. The second-order valence-corrected chi connectivity index (χ2v) is 5.32. The molecule has 2 atom stereocenters. The van der Waals surface area contributed by atoms with Gasteiger partial charge in [-0.2, -0.15) is 0 Å². The Morgan fingerprint density at radius 1 is 1.29 bits per heavy atom. The number of nitrogens with one attached hydrogen (secondary N) is 1. The summed E-state index contributed by atoms with van der Waals surface area (Å²) in [6.45, 7) is 3.38. The molecule has 132 valence electrons. The Morgan fingerprint density at radius 2 is 1.96 bits per heavy atom. The number of halogens is 2. The number of carbonyl (C=O) groups excluding carboxylic acids is 3. The first-order chi connectivity index (χ1) is 11.2. The molecule has 1 aromatic carbocycles. The van der Waals surface area contributed by atoms with Gasteiger partial charge in [-0.3, -0.25) is 14.4 Å². The summed E-state index contributed by atoms with van der Waals surface area (Å²) in [4.78, 5) is 35.0. The van der Waals surface area contributed by atoms with Crippen molar-refractivity contribution in [2.24, 2.45) is 11.7 Å². The van der Waals surface area contributed by atoms with Gasteiger partial charge in [-0.25, -0.2) is 8.78 Å². The molecule has 24 heavy (non-hydrogen) atoms. The first-order valence-corrected chi connectivity index (χ1v) is 7.43. The summed E-state index contributed by atoms with van der Waals surface area (Å²) in [5.74, 6) is -4.26. The zero-order valence-corrected chi connectivity index (χ0v) is 13.5. The first kappa shape index (κ1) is 19.5. The number of amides is 2. The van der Waals surface area contributed by atoms with E-state index >= 15 is 0 Å². The molecule has 0 aliphatic rings. The van der Waals surface area contributed by atoms with E-state index in [0.29, 0.717) is 6.07 Å². The van der Waals surface area contributed by atoms with E-state index in [4.69, 9.17) is 10.5 Å². The molecule has 0 spiro atoms. The van der Waals surface area contributed by atoms with Crippen LogP contribution in [0.1, 0.15) is 25.8 Å². The molecule has 6 nitrogen and oxygen atoms in total. The number of carbonyl (C=O) groups is 3. The third kappa shape index (κ3) is 5.94. The molecule has 0 aliphatic heterocycles. The average molecular weight is 342 g/mol. The van der Waals surface area contributed by atoms with E-state index in [1.165, 1.54) is 0 Å². The van der Waals surface area contributed by atoms with Gasteiger partial charge in [0.15, 0.2) is 0 Å². The van der Waals surface area contributed by atoms with E-state index in [-0.39, 0.29) is 25.0 Å². The van der Waals surface area contributed by atoms with Gasteiger partial charge in [-0.1, -0.05) is 13.0 Å². The van der Waals surface area contributed by atoms with Gasteiger partial charge >= 0.3 is 5.97 Å². The van der Waals surface area contributed by atoms with Crippen molar-refractivity contribution in [3.63, 3.8) is 0 Å². The van der Waals surface area contributed by atoms with Crippen molar-refractivity contribution >= 4 is 17.8 Å². The van der Waals surface area contributed by atoms with Gasteiger partial charge in [0, 0.05) is 6.07 Å². The Hall–Kier alpha value is -2.51. The molecule has 2 amide bonds. The molecule has 0 aliphatic carbocycles. The Morgan fingerprint density at radius 3 is 2.50 bits per heavy atom. The lowest BCUT2D eigenvalue weighted by molar-refractivity contribution is -0.148. The number of rotatable bonds is 8. The summed E-state index contributed by atoms with van der Waals surface area (Å²) in [5, 5.41) is 2.35. The Labute approximate surface area is 138 Å². The summed E-state index contributed by atoms with van der Waals surface area (Å²) in [6.07, 6.45) is -0.421. The SMILES string of the molecule is CCOC(=O)[C@@H](C)C[C@@H](NC(=O)Cc1ccc(F)cc1F)C(N)=O. The minimum absolute atomic E-state index is 0.0180. The Bertz CT molecular complexity index is 622. The van der Waals surface area contributed by atoms with E-state index in [9.17, 15) is 23.2 Å². The van der Waals surface area contributed by atoms with E-state index < -0.39 is 41.4 Å². The van der Waals surface area contributed by atoms with Gasteiger partial charge in [-0.05, 0) is 25.0 Å². The summed E-state index contributed by atoms with van der Waals surface area (Å²) in [7, 11) is 0. The predicted octanol–water partition coefficient (Wildman–Crippen LogP) is 1.07. The smallest absolute Gasteiger partial charge is 0.308 e. The molecule has 0 fully saturated rings. The van der Waals surface area contributed by atoms with Gasteiger partial charge in [-0.15, -0.1) is 0 Å². The standard InChI is InChI=1S/C16H20F2N2O4/c1-3-24-16(23)9(2)6-13(15(19)22)20-14(21)7-10-4-5-11(17)8-12(10)18/h4-5,8-9,13H,3,6-7H2,1-2H3,(H2,19,22)(H,20,21)/t9-,13+/m0/s1. The van der Waals surface area contributed by atoms with Crippen LogP contribution < -0.4 is 11.1 Å². The summed E-state index contributed by atoms with van der Waals surface area (Å²) in [6, 6.07) is 1.74. The average Bonchev–Trinajstić information content (AvgIpc) is 2.49. The third-order valence-corrected chi connectivity index (χ3v) is 3.32. The molecule has 1 rings (SSSR count). The fraction of sp³-hybridized carbons (Fsp3) is 0.438. The summed E-state index contributed by atoms with van der Waals surface area (Å²) < 4.78 is 31.2. The molecular formula is C16H20F2N2O4. The monoisotopic (exact) mass is 342 g/mol. The van der Waals surface area contributed by atoms with E-state index in [2.05, 4.69) is 5.32 Å². The number of hydrogen-bond acceptors (Lipinski definition) is 4. The number of primary amides is 1. The zero-order chi connectivity index (χ0) is 18.3. The van der Waals surface area contributed by atoms with Crippen molar-refractivity contribution in [2.45, 2.75) is 32.7 Å². The summed E-state index contributed by atoms with van der Waals surface area (Å²) >= 11 is 0. The van der Waals surface area contributed by atoms with Crippen LogP contribution in [0.5, 0.6) is 0 Å². The maximum Gasteiger partial charge on any atom is 0.308 e. The molecule has 8 heteroatoms. The molecule has 0 heterocycles. The normalized spacial score (nSPS) is 13.0.